The molecule has 2 unspecified atom stereocenters. The molecule has 1 N–H and O–H groups in total. The number of likely N-dealkylation sites (N-methyl/N-ethyl adjacent to an activating group) is 1. The third-order valence-electron chi connectivity index (χ3n) is 5.60. The van der Waals surface area contributed by atoms with E-state index < -0.39 is 10.1 Å². The largest absolute Gasteiger partial charge is 0.300 e. The van der Waals surface area contributed by atoms with E-state index in [0.717, 1.165) is 25.7 Å². The summed E-state index contributed by atoms with van der Waals surface area (Å²) < 4.78 is 30.9. The lowest BCUT2D eigenvalue weighted by Crippen LogP contribution is -2.39. The Morgan fingerprint density at radius 3 is 1.71 bits per heavy atom. The molecule has 0 aliphatic carbocycles. The number of Topliss-reactive ketones (excluding diaryl/α,β-unsaturated/α-hetero) is 1. The van der Waals surface area contributed by atoms with Crippen LogP contribution in [-0.4, -0.2) is 49.5 Å². The number of rotatable bonds is 19. The third kappa shape index (κ3) is 14.5. The Bertz CT molecular complexity index is 491. The van der Waals surface area contributed by atoms with Crippen LogP contribution in [0.1, 0.15) is 104 Å². The molecule has 0 amide bonds. The van der Waals surface area contributed by atoms with Crippen LogP contribution in [0.4, 0.5) is 0 Å². The van der Waals surface area contributed by atoms with E-state index in [4.69, 9.17) is 4.55 Å². The van der Waals surface area contributed by atoms with Crippen molar-refractivity contribution in [2.45, 2.75) is 110 Å². The average Bonchev–Trinajstić information content (AvgIpc) is 2.60. The molecule has 5 nitrogen and oxygen atoms in total. The number of nitrogens with zero attached hydrogens (tertiary/aromatic N) is 1. The van der Waals surface area contributed by atoms with Crippen molar-refractivity contribution in [1.29, 1.82) is 0 Å². The van der Waals surface area contributed by atoms with Gasteiger partial charge in [-0.25, -0.2) is 0 Å². The number of hydrogen-bond donors (Lipinski definition) is 1. The molecule has 0 heterocycles. The lowest BCUT2D eigenvalue weighted by molar-refractivity contribution is -0.128. The first-order valence-electron chi connectivity index (χ1n) is 11.4. The normalized spacial score (nSPS) is 14.4. The maximum atomic E-state index is 12.9. The fraction of sp³-hybridized carbons (Fsp3) is 0.955. The van der Waals surface area contributed by atoms with E-state index in [2.05, 4.69) is 6.92 Å². The first-order chi connectivity index (χ1) is 13.2. The van der Waals surface area contributed by atoms with Crippen molar-refractivity contribution in [3.8, 4) is 0 Å². The molecule has 0 fully saturated rings. The molecule has 0 aliphatic rings. The summed E-state index contributed by atoms with van der Waals surface area (Å²) in [6.07, 6.45) is 15.1. The van der Waals surface area contributed by atoms with E-state index in [1.54, 1.807) is 0 Å². The van der Waals surface area contributed by atoms with Gasteiger partial charge in [0.15, 0.2) is 5.78 Å². The Labute approximate surface area is 174 Å². The molecule has 0 aromatic rings. The zero-order valence-corrected chi connectivity index (χ0v) is 19.6. The predicted octanol–water partition coefficient (Wildman–Crippen LogP) is 5.49. The fourth-order valence-corrected chi connectivity index (χ4v) is 4.44. The molecule has 0 spiro atoms. The van der Waals surface area contributed by atoms with E-state index in [1.807, 2.05) is 25.9 Å². The summed E-state index contributed by atoms with van der Waals surface area (Å²) in [5.41, 5.74) is 0. The van der Waals surface area contributed by atoms with Crippen molar-refractivity contribution in [2.75, 3.05) is 19.8 Å². The van der Waals surface area contributed by atoms with Gasteiger partial charge in [-0.1, -0.05) is 78.1 Å². The summed E-state index contributed by atoms with van der Waals surface area (Å²) in [4.78, 5) is 14.9. The molecule has 0 bridgehead atoms. The van der Waals surface area contributed by atoms with Gasteiger partial charge in [-0.15, -0.1) is 0 Å². The third-order valence-corrected chi connectivity index (χ3v) is 6.41. The SMILES string of the molecule is CCCCCCCCCCCCC(CCCS(=O)(=O)O)C(=O)C(CC)N(C)C. The number of unbranched alkanes of at least 4 members (excludes halogenated alkanes) is 9. The zero-order valence-electron chi connectivity index (χ0n) is 18.8. The van der Waals surface area contributed by atoms with Crippen LogP contribution in [-0.2, 0) is 14.9 Å². The van der Waals surface area contributed by atoms with Crippen LogP contribution in [0.25, 0.3) is 0 Å². The molecule has 0 aromatic carbocycles. The summed E-state index contributed by atoms with van der Waals surface area (Å²) in [5, 5.41) is 0. The van der Waals surface area contributed by atoms with Gasteiger partial charge in [0.2, 0.25) is 0 Å². The lowest BCUT2D eigenvalue weighted by Gasteiger charge is -2.26. The highest BCUT2D eigenvalue weighted by atomic mass is 32.2. The summed E-state index contributed by atoms with van der Waals surface area (Å²) >= 11 is 0. The molecule has 0 radical (unpaired) electrons. The minimum absolute atomic E-state index is 0.108. The quantitative estimate of drug-likeness (QED) is 0.221. The van der Waals surface area contributed by atoms with Crippen LogP contribution in [0.5, 0.6) is 0 Å². The van der Waals surface area contributed by atoms with Gasteiger partial charge in [0, 0.05) is 5.92 Å². The summed E-state index contributed by atoms with van der Waals surface area (Å²) in [6, 6.07) is -0.112. The van der Waals surface area contributed by atoms with Gasteiger partial charge in [0.25, 0.3) is 10.1 Å². The van der Waals surface area contributed by atoms with Gasteiger partial charge in [0.05, 0.1) is 11.8 Å². The molecule has 168 valence electrons. The second kappa shape index (κ2) is 16.3. The molecule has 0 saturated heterocycles. The van der Waals surface area contributed by atoms with Crippen molar-refractivity contribution < 1.29 is 17.8 Å². The van der Waals surface area contributed by atoms with E-state index in [9.17, 15) is 13.2 Å². The number of carbonyl (C=O) groups is 1. The molecular formula is C22H45NO4S. The minimum Gasteiger partial charge on any atom is -0.300 e. The summed E-state index contributed by atoms with van der Waals surface area (Å²) in [6.45, 7) is 4.25. The zero-order chi connectivity index (χ0) is 21.4. The topological polar surface area (TPSA) is 74.7 Å². The van der Waals surface area contributed by atoms with Gasteiger partial charge in [-0.05, 0) is 39.8 Å². The second-order valence-electron chi connectivity index (χ2n) is 8.39. The number of carbonyl (C=O) groups excluding carboxylic acids is 1. The molecule has 0 aromatic heterocycles. The molecule has 2 atom stereocenters. The van der Waals surface area contributed by atoms with E-state index in [0.29, 0.717) is 12.8 Å². The minimum atomic E-state index is -3.95. The van der Waals surface area contributed by atoms with Crippen LogP contribution in [0.15, 0.2) is 0 Å². The van der Waals surface area contributed by atoms with Gasteiger partial charge < -0.3 is 0 Å². The highest BCUT2D eigenvalue weighted by Crippen LogP contribution is 2.22. The standard InChI is InChI=1S/C22H45NO4S/c1-5-7-8-9-10-11-12-13-14-15-17-20(18-16-19-28(25,26)27)22(24)21(6-2)23(3)4/h20-21H,5-19H2,1-4H3,(H,25,26,27). The molecule has 6 heteroatoms. The fourth-order valence-electron chi connectivity index (χ4n) is 3.91. The molecule has 0 saturated carbocycles. The van der Waals surface area contributed by atoms with Gasteiger partial charge in [0.1, 0.15) is 0 Å². The average molecular weight is 420 g/mol. The van der Waals surface area contributed by atoms with E-state index in [-0.39, 0.29) is 23.5 Å². The Hall–Kier alpha value is -0.460. The molecule has 0 rings (SSSR count). The van der Waals surface area contributed by atoms with Gasteiger partial charge in [-0.2, -0.15) is 8.42 Å². The maximum absolute atomic E-state index is 12.9. The number of ketones is 1. The Balaban J connectivity index is 4.28. The summed E-state index contributed by atoms with van der Waals surface area (Å²) in [5.74, 6) is -0.144. The van der Waals surface area contributed by atoms with E-state index >= 15 is 0 Å². The van der Waals surface area contributed by atoms with Crippen LogP contribution in [0.2, 0.25) is 0 Å². The van der Waals surface area contributed by atoms with Crippen LogP contribution in [0.3, 0.4) is 0 Å². The molecular weight excluding hydrogens is 374 g/mol. The smallest absolute Gasteiger partial charge is 0.264 e. The van der Waals surface area contributed by atoms with Crippen LogP contribution < -0.4 is 0 Å². The van der Waals surface area contributed by atoms with Crippen molar-refractivity contribution in [1.82, 2.24) is 4.90 Å². The molecule has 28 heavy (non-hydrogen) atoms. The van der Waals surface area contributed by atoms with E-state index in [1.165, 1.54) is 51.4 Å². The lowest BCUT2D eigenvalue weighted by atomic mass is 9.87. The number of hydrogen-bond acceptors (Lipinski definition) is 4. The van der Waals surface area contributed by atoms with Crippen LogP contribution in [0, 0.1) is 5.92 Å². The van der Waals surface area contributed by atoms with Crippen molar-refractivity contribution in [3.63, 3.8) is 0 Å². The second-order valence-corrected chi connectivity index (χ2v) is 9.96. The van der Waals surface area contributed by atoms with Crippen molar-refractivity contribution in [3.05, 3.63) is 0 Å². The Morgan fingerprint density at radius 2 is 1.29 bits per heavy atom. The predicted molar refractivity (Wildman–Crippen MR) is 118 cm³/mol. The highest BCUT2D eigenvalue weighted by molar-refractivity contribution is 7.85. The van der Waals surface area contributed by atoms with Gasteiger partial charge in [-0.3, -0.25) is 14.2 Å². The van der Waals surface area contributed by atoms with Crippen LogP contribution >= 0.6 is 0 Å². The van der Waals surface area contributed by atoms with Crippen molar-refractivity contribution >= 4 is 15.9 Å². The summed E-state index contributed by atoms with van der Waals surface area (Å²) in [7, 11) is -0.116. The maximum Gasteiger partial charge on any atom is 0.264 e. The first-order valence-corrected chi connectivity index (χ1v) is 13.0. The monoisotopic (exact) mass is 419 g/mol. The first kappa shape index (κ1) is 27.5. The molecule has 0 aliphatic heterocycles. The Morgan fingerprint density at radius 1 is 0.821 bits per heavy atom. The highest BCUT2D eigenvalue weighted by Gasteiger charge is 2.27. The van der Waals surface area contributed by atoms with Crippen molar-refractivity contribution in [2.24, 2.45) is 5.92 Å². The van der Waals surface area contributed by atoms with Gasteiger partial charge >= 0.3 is 0 Å². The Kier molecular flexibility index (Phi) is 16.1.